The van der Waals surface area contributed by atoms with E-state index in [0.717, 1.165) is 5.69 Å². The monoisotopic (exact) mass is 429 g/mol. The summed E-state index contributed by atoms with van der Waals surface area (Å²) in [6.45, 7) is 6.87. The lowest BCUT2D eigenvalue weighted by molar-refractivity contribution is -0.134. The molecule has 2 rings (SSSR count). The Balaban J connectivity index is 2.04. The fraction of sp³-hybridized carbons (Fsp3) is 0.389. The van der Waals surface area contributed by atoms with Crippen LogP contribution in [0.5, 0.6) is 5.75 Å². The molecule has 0 spiro atoms. The fourth-order valence-electron chi connectivity index (χ4n) is 2.19. The van der Waals surface area contributed by atoms with Gasteiger partial charge in [0.1, 0.15) is 11.3 Å². The molecule has 0 fully saturated rings. The number of halogens is 2. The zero-order chi connectivity index (χ0) is 20.2. The number of nitrogens with zero attached hydrogens (tertiary/aromatic N) is 1. The highest BCUT2D eigenvalue weighted by Gasteiger charge is 2.33. The van der Waals surface area contributed by atoms with Gasteiger partial charge in [0.15, 0.2) is 11.2 Å². The number of carbonyl (C=O) groups excluding carboxylic acids is 2. The first-order valence-electron chi connectivity index (χ1n) is 8.29. The van der Waals surface area contributed by atoms with Gasteiger partial charge in [0.25, 0.3) is 11.8 Å². The molecule has 0 saturated heterocycles. The van der Waals surface area contributed by atoms with E-state index in [1.165, 1.54) is 11.3 Å². The Morgan fingerprint density at radius 2 is 1.89 bits per heavy atom. The molecular formula is C18H21Cl2N3O3S. The first-order valence-corrected chi connectivity index (χ1v) is 9.92. The van der Waals surface area contributed by atoms with Crippen LogP contribution < -0.4 is 15.4 Å². The molecular weight excluding hydrogens is 409 g/mol. The Kier molecular flexibility index (Phi) is 7.08. The minimum absolute atomic E-state index is 0.370. The van der Waals surface area contributed by atoms with Gasteiger partial charge in [-0.25, -0.2) is 4.98 Å². The number of ether oxygens (including phenoxy) is 1. The van der Waals surface area contributed by atoms with Gasteiger partial charge in [0.2, 0.25) is 0 Å². The SMILES string of the molecule is CCC(Oc1cc(Cl)cc(Cl)c1)C(=O)NC(C)(C)C(=O)Nc1nc(C)cs1. The summed E-state index contributed by atoms with van der Waals surface area (Å²) in [5, 5.41) is 8.56. The number of nitrogens with one attached hydrogen (secondary N) is 2. The number of hydrogen-bond donors (Lipinski definition) is 2. The van der Waals surface area contributed by atoms with Crippen LogP contribution in [-0.2, 0) is 9.59 Å². The third-order valence-corrected chi connectivity index (χ3v) is 4.93. The molecule has 0 aliphatic rings. The normalized spacial score (nSPS) is 12.4. The van der Waals surface area contributed by atoms with E-state index in [1.807, 2.05) is 19.2 Å². The van der Waals surface area contributed by atoms with Gasteiger partial charge in [-0.3, -0.25) is 14.9 Å². The first-order chi connectivity index (χ1) is 12.6. The molecule has 0 aliphatic heterocycles. The van der Waals surface area contributed by atoms with Crippen molar-refractivity contribution in [3.8, 4) is 5.75 Å². The summed E-state index contributed by atoms with van der Waals surface area (Å²) < 4.78 is 5.71. The average molecular weight is 430 g/mol. The lowest BCUT2D eigenvalue weighted by Crippen LogP contribution is -2.55. The zero-order valence-corrected chi connectivity index (χ0v) is 17.8. The van der Waals surface area contributed by atoms with Crippen molar-refractivity contribution in [1.82, 2.24) is 10.3 Å². The minimum Gasteiger partial charge on any atom is -0.481 e. The summed E-state index contributed by atoms with van der Waals surface area (Å²) in [5.74, 6) is -0.398. The van der Waals surface area contributed by atoms with Gasteiger partial charge in [0, 0.05) is 15.4 Å². The second kappa shape index (κ2) is 8.91. The molecule has 1 aromatic carbocycles. The van der Waals surface area contributed by atoms with E-state index in [0.29, 0.717) is 27.3 Å². The molecule has 1 atom stereocenters. The van der Waals surface area contributed by atoms with Crippen molar-refractivity contribution in [2.45, 2.75) is 45.8 Å². The Morgan fingerprint density at radius 3 is 2.41 bits per heavy atom. The molecule has 1 unspecified atom stereocenters. The largest absolute Gasteiger partial charge is 0.481 e. The van der Waals surface area contributed by atoms with E-state index in [2.05, 4.69) is 15.6 Å². The van der Waals surface area contributed by atoms with Gasteiger partial charge in [0.05, 0.1) is 5.69 Å². The number of aryl methyl sites for hydroxylation is 1. The van der Waals surface area contributed by atoms with E-state index in [-0.39, 0.29) is 5.91 Å². The van der Waals surface area contributed by atoms with Crippen molar-refractivity contribution in [3.63, 3.8) is 0 Å². The Hall–Kier alpha value is -1.83. The van der Waals surface area contributed by atoms with Crippen LogP contribution in [-0.4, -0.2) is 28.4 Å². The Labute approximate surface area is 172 Å². The summed E-state index contributed by atoms with van der Waals surface area (Å²) in [6.07, 6.45) is -0.395. The van der Waals surface area contributed by atoms with Gasteiger partial charge in [-0.15, -0.1) is 11.3 Å². The van der Waals surface area contributed by atoms with E-state index in [1.54, 1.807) is 32.0 Å². The molecule has 0 radical (unpaired) electrons. The average Bonchev–Trinajstić information content (AvgIpc) is 2.96. The number of thiazole rings is 1. The lowest BCUT2D eigenvalue weighted by atomic mass is 10.0. The highest BCUT2D eigenvalue weighted by molar-refractivity contribution is 7.13. The van der Waals surface area contributed by atoms with Crippen LogP contribution in [0.1, 0.15) is 32.9 Å². The summed E-state index contributed by atoms with van der Waals surface area (Å²) in [5.41, 5.74) is -0.337. The maximum atomic E-state index is 12.6. The number of rotatable bonds is 7. The highest BCUT2D eigenvalue weighted by Crippen LogP contribution is 2.25. The molecule has 0 aliphatic carbocycles. The topological polar surface area (TPSA) is 80.3 Å². The third-order valence-electron chi connectivity index (χ3n) is 3.62. The molecule has 146 valence electrons. The number of benzene rings is 1. The Bertz CT molecular complexity index is 819. The van der Waals surface area contributed by atoms with Crippen molar-refractivity contribution in [2.24, 2.45) is 0 Å². The molecule has 2 N–H and O–H groups in total. The van der Waals surface area contributed by atoms with Crippen LogP contribution in [0.3, 0.4) is 0 Å². The standard InChI is InChI=1S/C18H21Cl2N3O3S/c1-5-14(26-13-7-11(19)6-12(20)8-13)15(24)23-18(3,4)16(25)22-17-21-10(2)9-27-17/h6-9,14H,5H2,1-4H3,(H,23,24)(H,21,22,25). The van der Waals surface area contributed by atoms with Crippen molar-refractivity contribution < 1.29 is 14.3 Å². The number of aromatic nitrogens is 1. The van der Waals surface area contributed by atoms with Crippen LogP contribution in [0, 0.1) is 6.92 Å². The first kappa shape index (κ1) is 21.5. The zero-order valence-electron chi connectivity index (χ0n) is 15.4. The van der Waals surface area contributed by atoms with E-state index < -0.39 is 17.6 Å². The van der Waals surface area contributed by atoms with E-state index in [4.69, 9.17) is 27.9 Å². The predicted molar refractivity (Wildman–Crippen MR) is 109 cm³/mol. The molecule has 1 heterocycles. The minimum atomic E-state index is -1.15. The molecule has 1 aromatic heterocycles. The van der Waals surface area contributed by atoms with Gasteiger partial charge in [-0.2, -0.15) is 0 Å². The van der Waals surface area contributed by atoms with Gasteiger partial charge in [-0.1, -0.05) is 30.1 Å². The van der Waals surface area contributed by atoms with Crippen LogP contribution >= 0.6 is 34.5 Å². The number of amides is 2. The molecule has 0 bridgehead atoms. The fourth-order valence-corrected chi connectivity index (χ4v) is 3.38. The van der Waals surface area contributed by atoms with Crippen molar-refractivity contribution >= 4 is 51.5 Å². The van der Waals surface area contributed by atoms with Crippen molar-refractivity contribution in [1.29, 1.82) is 0 Å². The lowest BCUT2D eigenvalue weighted by Gasteiger charge is -2.27. The Morgan fingerprint density at radius 1 is 1.26 bits per heavy atom. The van der Waals surface area contributed by atoms with Gasteiger partial charge < -0.3 is 10.1 Å². The van der Waals surface area contributed by atoms with Crippen molar-refractivity contribution in [3.05, 3.63) is 39.3 Å². The highest BCUT2D eigenvalue weighted by atomic mass is 35.5. The van der Waals surface area contributed by atoms with E-state index >= 15 is 0 Å². The van der Waals surface area contributed by atoms with Gasteiger partial charge >= 0.3 is 0 Å². The molecule has 9 heteroatoms. The number of carbonyl (C=O) groups is 2. The molecule has 6 nitrogen and oxygen atoms in total. The third kappa shape index (κ3) is 6.09. The van der Waals surface area contributed by atoms with Crippen LogP contribution in [0.4, 0.5) is 5.13 Å². The second-order valence-electron chi connectivity index (χ2n) is 6.48. The number of hydrogen-bond acceptors (Lipinski definition) is 5. The summed E-state index contributed by atoms with van der Waals surface area (Å²) in [4.78, 5) is 29.3. The van der Waals surface area contributed by atoms with Crippen LogP contribution in [0.2, 0.25) is 10.0 Å². The summed E-state index contributed by atoms with van der Waals surface area (Å²) in [7, 11) is 0. The van der Waals surface area contributed by atoms with E-state index in [9.17, 15) is 9.59 Å². The molecule has 27 heavy (non-hydrogen) atoms. The predicted octanol–water partition coefficient (Wildman–Crippen LogP) is 4.45. The number of anilines is 1. The summed E-state index contributed by atoms with van der Waals surface area (Å²) >= 11 is 13.2. The second-order valence-corrected chi connectivity index (χ2v) is 8.21. The maximum absolute atomic E-state index is 12.6. The quantitative estimate of drug-likeness (QED) is 0.680. The van der Waals surface area contributed by atoms with Crippen LogP contribution in [0.15, 0.2) is 23.6 Å². The molecule has 2 amide bonds. The molecule has 2 aromatic rings. The van der Waals surface area contributed by atoms with Gasteiger partial charge in [-0.05, 0) is 45.4 Å². The maximum Gasteiger partial charge on any atom is 0.261 e. The van der Waals surface area contributed by atoms with Crippen LogP contribution in [0.25, 0.3) is 0 Å². The summed E-state index contributed by atoms with van der Waals surface area (Å²) in [6, 6.07) is 4.73. The smallest absolute Gasteiger partial charge is 0.261 e. The van der Waals surface area contributed by atoms with Crippen molar-refractivity contribution in [2.75, 3.05) is 5.32 Å². The molecule has 0 saturated carbocycles.